The fourth-order valence-electron chi connectivity index (χ4n) is 2.62. The van der Waals surface area contributed by atoms with Gasteiger partial charge in [-0.15, -0.1) is 0 Å². The Kier molecular flexibility index (Phi) is 2.54. The molecule has 1 fully saturated rings. The maximum Gasteiger partial charge on any atom is 0.177 e. The molecule has 1 heterocycles. The Labute approximate surface area is 101 Å². The summed E-state index contributed by atoms with van der Waals surface area (Å²) in [5.74, 6) is 0.889. The molecule has 1 saturated carbocycles. The number of rotatable bonds is 4. The molecule has 3 heteroatoms. The topological polar surface area (TPSA) is 38.1 Å². The maximum atomic E-state index is 5.29. The number of para-hydroxylation sites is 1. The van der Waals surface area contributed by atoms with E-state index in [2.05, 4.69) is 17.4 Å². The Morgan fingerprint density at radius 2 is 2.18 bits per heavy atom. The predicted molar refractivity (Wildman–Crippen MR) is 69.1 cm³/mol. The molecule has 0 saturated heterocycles. The number of nitrogens with one attached hydrogen (secondary N) is 1. The zero-order valence-corrected chi connectivity index (χ0v) is 10.2. The monoisotopic (exact) mass is 230 g/mol. The molecule has 0 amide bonds. The molecule has 1 N–H and O–H groups in total. The molecule has 1 aromatic heterocycles. The van der Waals surface area contributed by atoms with Crippen LogP contribution in [0.5, 0.6) is 0 Å². The van der Waals surface area contributed by atoms with Gasteiger partial charge in [0.2, 0.25) is 0 Å². The zero-order chi connectivity index (χ0) is 11.7. The third-order valence-electron chi connectivity index (χ3n) is 4.17. The van der Waals surface area contributed by atoms with Gasteiger partial charge < -0.3 is 9.84 Å². The normalized spacial score (nSPS) is 17.9. The van der Waals surface area contributed by atoms with Gasteiger partial charge in [0.1, 0.15) is 0 Å². The summed E-state index contributed by atoms with van der Waals surface area (Å²) in [5.41, 5.74) is 1.36. The molecule has 1 aliphatic rings. The SMILES string of the molecule is CCC1(CNc2noc3ccccc23)CCC1. The van der Waals surface area contributed by atoms with E-state index in [-0.39, 0.29) is 0 Å². The minimum absolute atomic E-state index is 0.500. The van der Waals surface area contributed by atoms with Crippen LogP contribution in [0.15, 0.2) is 28.8 Å². The van der Waals surface area contributed by atoms with Crippen molar-refractivity contribution in [3.63, 3.8) is 0 Å². The van der Waals surface area contributed by atoms with Gasteiger partial charge in [-0.05, 0) is 36.8 Å². The van der Waals surface area contributed by atoms with E-state index in [0.29, 0.717) is 5.41 Å². The van der Waals surface area contributed by atoms with Crippen LogP contribution in [-0.4, -0.2) is 11.7 Å². The summed E-state index contributed by atoms with van der Waals surface area (Å²) in [6.07, 6.45) is 5.30. The average molecular weight is 230 g/mol. The van der Waals surface area contributed by atoms with Crippen LogP contribution in [0.25, 0.3) is 11.0 Å². The van der Waals surface area contributed by atoms with E-state index in [1.165, 1.54) is 25.7 Å². The summed E-state index contributed by atoms with van der Waals surface area (Å²) in [6.45, 7) is 3.29. The van der Waals surface area contributed by atoms with Gasteiger partial charge in [0, 0.05) is 6.54 Å². The molecule has 1 aromatic carbocycles. The van der Waals surface area contributed by atoms with Crippen molar-refractivity contribution >= 4 is 16.8 Å². The van der Waals surface area contributed by atoms with Gasteiger partial charge in [-0.1, -0.05) is 30.6 Å². The molecule has 17 heavy (non-hydrogen) atoms. The van der Waals surface area contributed by atoms with Crippen LogP contribution < -0.4 is 5.32 Å². The Bertz CT molecular complexity index is 508. The largest absolute Gasteiger partial charge is 0.366 e. The number of fused-ring (bicyclic) bond motifs is 1. The molecule has 0 atom stereocenters. The van der Waals surface area contributed by atoms with Gasteiger partial charge in [0.25, 0.3) is 0 Å². The molecule has 0 radical (unpaired) electrons. The molecule has 1 aliphatic carbocycles. The number of hydrogen-bond donors (Lipinski definition) is 1. The van der Waals surface area contributed by atoms with Crippen LogP contribution >= 0.6 is 0 Å². The number of aromatic nitrogens is 1. The lowest BCUT2D eigenvalue weighted by Crippen LogP contribution is -2.35. The summed E-state index contributed by atoms with van der Waals surface area (Å²) < 4.78 is 5.29. The Balaban J connectivity index is 1.77. The Hall–Kier alpha value is -1.51. The van der Waals surface area contributed by atoms with Crippen LogP contribution in [0.1, 0.15) is 32.6 Å². The molecule has 90 valence electrons. The highest BCUT2D eigenvalue weighted by Crippen LogP contribution is 2.43. The maximum absolute atomic E-state index is 5.29. The fourth-order valence-corrected chi connectivity index (χ4v) is 2.62. The lowest BCUT2D eigenvalue weighted by Gasteiger charge is -2.41. The van der Waals surface area contributed by atoms with Crippen molar-refractivity contribution in [2.45, 2.75) is 32.6 Å². The highest BCUT2D eigenvalue weighted by Gasteiger charge is 2.34. The van der Waals surface area contributed by atoms with Crippen LogP contribution in [0, 0.1) is 5.41 Å². The Morgan fingerprint density at radius 3 is 2.88 bits per heavy atom. The first-order valence-electron chi connectivity index (χ1n) is 6.41. The summed E-state index contributed by atoms with van der Waals surface area (Å²) in [5, 5.41) is 8.64. The van der Waals surface area contributed by atoms with Gasteiger partial charge >= 0.3 is 0 Å². The van der Waals surface area contributed by atoms with E-state index >= 15 is 0 Å². The molecule has 2 aromatic rings. The molecular weight excluding hydrogens is 212 g/mol. The lowest BCUT2D eigenvalue weighted by atomic mass is 9.67. The van der Waals surface area contributed by atoms with Gasteiger partial charge in [-0.2, -0.15) is 0 Å². The first-order valence-corrected chi connectivity index (χ1v) is 6.41. The van der Waals surface area contributed by atoms with E-state index in [9.17, 15) is 0 Å². The van der Waals surface area contributed by atoms with Crippen molar-refractivity contribution in [3.05, 3.63) is 24.3 Å². The molecule has 3 nitrogen and oxygen atoms in total. The molecule has 0 aliphatic heterocycles. The van der Waals surface area contributed by atoms with E-state index in [4.69, 9.17) is 4.52 Å². The highest BCUT2D eigenvalue weighted by atomic mass is 16.5. The van der Waals surface area contributed by atoms with Crippen LogP contribution in [0.2, 0.25) is 0 Å². The summed E-state index contributed by atoms with van der Waals surface area (Å²) in [6, 6.07) is 7.99. The molecule has 0 bridgehead atoms. The zero-order valence-electron chi connectivity index (χ0n) is 10.2. The van der Waals surface area contributed by atoms with Crippen molar-refractivity contribution in [3.8, 4) is 0 Å². The highest BCUT2D eigenvalue weighted by molar-refractivity contribution is 5.87. The predicted octanol–water partition coefficient (Wildman–Crippen LogP) is 3.82. The summed E-state index contributed by atoms with van der Waals surface area (Å²) in [7, 11) is 0. The first kappa shape index (κ1) is 10.6. The Morgan fingerprint density at radius 1 is 1.35 bits per heavy atom. The molecule has 0 unspecified atom stereocenters. The third kappa shape index (κ3) is 1.79. The second kappa shape index (κ2) is 4.06. The second-order valence-electron chi connectivity index (χ2n) is 5.09. The van der Waals surface area contributed by atoms with Crippen molar-refractivity contribution < 1.29 is 4.52 Å². The quantitative estimate of drug-likeness (QED) is 0.867. The number of anilines is 1. The van der Waals surface area contributed by atoms with Gasteiger partial charge in [0.05, 0.1) is 5.39 Å². The van der Waals surface area contributed by atoms with E-state index in [1.54, 1.807) is 0 Å². The van der Waals surface area contributed by atoms with Crippen LogP contribution in [-0.2, 0) is 0 Å². The minimum atomic E-state index is 0.500. The second-order valence-corrected chi connectivity index (χ2v) is 5.09. The standard InChI is InChI=1S/C14H18N2O/c1-2-14(8-5-9-14)10-15-13-11-6-3-4-7-12(11)17-16-13/h3-4,6-7H,2,5,8-10H2,1H3,(H,15,16). The van der Waals surface area contributed by atoms with Crippen LogP contribution in [0.3, 0.4) is 0 Å². The third-order valence-corrected chi connectivity index (χ3v) is 4.17. The summed E-state index contributed by atoms with van der Waals surface area (Å²) >= 11 is 0. The molecular formula is C14H18N2O. The fraction of sp³-hybridized carbons (Fsp3) is 0.500. The first-order chi connectivity index (χ1) is 8.33. The van der Waals surface area contributed by atoms with E-state index < -0.39 is 0 Å². The molecule has 0 spiro atoms. The lowest BCUT2D eigenvalue weighted by molar-refractivity contribution is 0.145. The van der Waals surface area contributed by atoms with Gasteiger partial charge in [0.15, 0.2) is 11.4 Å². The van der Waals surface area contributed by atoms with Crippen molar-refractivity contribution in [1.29, 1.82) is 0 Å². The number of nitrogens with zero attached hydrogens (tertiary/aromatic N) is 1. The van der Waals surface area contributed by atoms with E-state index in [1.807, 2.05) is 24.3 Å². The smallest absolute Gasteiger partial charge is 0.177 e. The van der Waals surface area contributed by atoms with Crippen molar-refractivity contribution in [1.82, 2.24) is 5.16 Å². The van der Waals surface area contributed by atoms with Crippen LogP contribution in [0.4, 0.5) is 5.82 Å². The van der Waals surface area contributed by atoms with Crippen molar-refractivity contribution in [2.24, 2.45) is 5.41 Å². The average Bonchev–Trinajstić information content (AvgIpc) is 2.72. The summed E-state index contributed by atoms with van der Waals surface area (Å²) in [4.78, 5) is 0. The number of hydrogen-bond acceptors (Lipinski definition) is 3. The van der Waals surface area contributed by atoms with E-state index in [0.717, 1.165) is 23.3 Å². The van der Waals surface area contributed by atoms with Gasteiger partial charge in [-0.25, -0.2) is 0 Å². The molecule has 3 rings (SSSR count). The minimum Gasteiger partial charge on any atom is -0.366 e. The van der Waals surface area contributed by atoms with Crippen molar-refractivity contribution in [2.75, 3.05) is 11.9 Å². The van der Waals surface area contributed by atoms with Gasteiger partial charge in [-0.3, -0.25) is 0 Å². The number of benzene rings is 1.